The molecule has 0 saturated carbocycles. The highest BCUT2D eigenvalue weighted by atomic mass is 19.2. The Morgan fingerprint density at radius 1 is 1.03 bits per heavy atom. The molecular weight excluding hydrogens is 382 g/mol. The van der Waals surface area contributed by atoms with Crippen LogP contribution in [0.4, 0.5) is 8.78 Å². The second kappa shape index (κ2) is 9.38. The van der Waals surface area contributed by atoms with E-state index in [2.05, 4.69) is 9.98 Å². The van der Waals surface area contributed by atoms with Gasteiger partial charge in [-0.2, -0.15) is 0 Å². The zero-order valence-corrected chi connectivity index (χ0v) is 16.0. The number of carbonyl (C=O) groups excluding carboxylic acids is 1. The Bertz CT molecular complexity index is 932. The van der Waals surface area contributed by atoms with Crippen LogP contribution in [0, 0.1) is 17.6 Å². The van der Waals surface area contributed by atoms with E-state index >= 15 is 0 Å². The van der Waals surface area contributed by atoms with Gasteiger partial charge in [-0.1, -0.05) is 36.4 Å². The maximum absolute atomic E-state index is 13.8. The highest BCUT2D eigenvalue weighted by Crippen LogP contribution is 2.33. The standard InChI is InChI=1S/C21H20F2N2O4/c1-27-12-17-18(20(26)29-11-13-6-4-3-5-7-13)19(25-21(24-17)28-2)14-8-9-15(22)16(23)10-14/h3-10,18-19H,11-12H2,1-2H3. The second-order valence-electron chi connectivity index (χ2n) is 6.34. The summed E-state index contributed by atoms with van der Waals surface area (Å²) in [6.07, 6.45) is 0. The van der Waals surface area contributed by atoms with Gasteiger partial charge in [0.05, 0.1) is 25.5 Å². The molecular formula is C21H20F2N2O4. The van der Waals surface area contributed by atoms with Crippen molar-refractivity contribution >= 4 is 17.7 Å². The fourth-order valence-electron chi connectivity index (χ4n) is 3.01. The summed E-state index contributed by atoms with van der Waals surface area (Å²) >= 11 is 0. The van der Waals surface area contributed by atoms with E-state index in [1.54, 1.807) is 0 Å². The van der Waals surface area contributed by atoms with Crippen molar-refractivity contribution < 1.29 is 27.8 Å². The summed E-state index contributed by atoms with van der Waals surface area (Å²) in [5.41, 5.74) is 1.43. The van der Waals surface area contributed by atoms with E-state index in [4.69, 9.17) is 14.2 Å². The SMILES string of the molecule is COCC1=NC(OC)=NC(c2ccc(F)c(F)c2)C1C(=O)OCc1ccccc1. The predicted molar refractivity (Wildman–Crippen MR) is 103 cm³/mol. The smallest absolute Gasteiger partial charge is 0.317 e. The Hall–Kier alpha value is -3.13. The van der Waals surface area contributed by atoms with Gasteiger partial charge in [-0.15, -0.1) is 0 Å². The van der Waals surface area contributed by atoms with Gasteiger partial charge >= 0.3 is 12.0 Å². The van der Waals surface area contributed by atoms with Crippen molar-refractivity contribution in [3.05, 3.63) is 71.3 Å². The molecule has 0 spiro atoms. The third-order valence-electron chi connectivity index (χ3n) is 4.40. The first-order chi connectivity index (χ1) is 14.0. The number of rotatable bonds is 6. The van der Waals surface area contributed by atoms with Gasteiger partial charge in [-0.05, 0) is 23.3 Å². The Morgan fingerprint density at radius 2 is 1.79 bits per heavy atom. The quantitative estimate of drug-likeness (QED) is 0.694. The number of benzene rings is 2. The van der Waals surface area contributed by atoms with E-state index in [1.165, 1.54) is 20.3 Å². The van der Waals surface area contributed by atoms with Gasteiger partial charge in [-0.3, -0.25) is 4.79 Å². The summed E-state index contributed by atoms with van der Waals surface area (Å²) < 4.78 is 43.0. The van der Waals surface area contributed by atoms with Crippen LogP contribution in [-0.4, -0.2) is 38.5 Å². The molecule has 2 unspecified atom stereocenters. The molecule has 6 nitrogen and oxygen atoms in total. The van der Waals surface area contributed by atoms with Crippen molar-refractivity contribution in [3.63, 3.8) is 0 Å². The summed E-state index contributed by atoms with van der Waals surface area (Å²) in [5.74, 6) is -3.60. The van der Waals surface area contributed by atoms with Crippen LogP contribution >= 0.6 is 0 Å². The fraction of sp³-hybridized carbons (Fsp3) is 0.286. The lowest BCUT2D eigenvalue weighted by Crippen LogP contribution is -2.37. The van der Waals surface area contributed by atoms with Crippen LogP contribution in [0.2, 0.25) is 0 Å². The lowest BCUT2D eigenvalue weighted by molar-refractivity contribution is -0.148. The summed E-state index contributed by atoms with van der Waals surface area (Å²) in [7, 11) is 2.84. The third kappa shape index (κ3) is 4.83. The molecule has 2 aromatic carbocycles. The Kier molecular flexibility index (Phi) is 6.66. The molecule has 0 bridgehead atoms. The molecule has 0 saturated heterocycles. The van der Waals surface area contributed by atoms with Gasteiger partial charge < -0.3 is 14.2 Å². The number of nitrogens with zero attached hydrogens (tertiary/aromatic N) is 2. The van der Waals surface area contributed by atoms with E-state index in [9.17, 15) is 13.6 Å². The normalized spacial score (nSPS) is 18.6. The van der Waals surface area contributed by atoms with Gasteiger partial charge in [0.2, 0.25) is 0 Å². The Balaban J connectivity index is 1.93. The van der Waals surface area contributed by atoms with Crippen LogP contribution in [0.1, 0.15) is 17.2 Å². The lowest BCUT2D eigenvalue weighted by Gasteiger charge is -2.27. The summed E-state index contributed by atoms with van der Waals surface area (Å²) in [4.78, 5) is 21.5. The molecule has 0 aliphatic carbocycles. The zero-order valence-electron chi connectivity index (χ0n) is 16.0. The van der Waals surface area contributed by atoms with Gasteiger partial charge in [0.1, 0.15) is 12.5 Å². The van der Waals surface area contributed by atoms with Crippen LogP contribution in [0.5, 0.6) is 0 Å². The maximum atomic E-state index is 13.8. The van der Waals surface area contributed by atoms with Gasteiger partial charge in [0.15, 0.2) is 11.6 Å². The minimum Gasteiger partial charge on any atom is -0.467 e. The maximum Gasteiger partial charge on any atom is 0.317 e. The molecule has 0 amide bonds. The predicted octanol–water partition coefficient (Wildman–Crippen LogP) is 3.47. The first-order valence-electron chi connectivity index (χ1n) is 8.87. The number of hydrogen-bond acceptors (Lipinski definition) is 6. The number of halogens is 2. The van der Waals surface area contributed by atoms with E-state index in [1.807, 2.05) is 30.3 Å². The highest BCUT2D eigenvalue weighted by Gasteiger charge is 2.39. The molecule has 29 heavy (non-hydrogen) atoms. The second-order valence-corrected chi connectivity index (χ2v) is 6.34. The lowest BCUT2D eigenvalue weighted by atomic mass is 9.88. The Labute approximate surface area is 166 Å². The van der Waals surface area contributed by atoms with Crippen LogP contribution in [-0.2, 0) is 25.6 Å². The topological polar surface area (TPSA) is 69.5 Å². The average molecular weight is 402 g/mol. The van der Waals surface area contributed by atoms with Crippen molar-refractivity contribution in [2.45, 2.75) is 12.6 Å². The molecule has 8 heteroatoms. The monoisotopic (exact) mass is 402 g/mol. The van der Waals surface area contributed by atoms with Crippen molar-refractivity contribution in [2.75, 3.05) is 20.8 Å². The fourth-order valence-corrected chi connectivity index (χ4v) is 3.01. The van der Waals surface area contributed by atoms with E-state index in [0.29, 0.717) is 11.3 Å². The van der Waals surface area contributed by atoms with Gasteiger partial charge in [0, 0.05) is 7.11 Å². The number of esters is 1. The zero-order chi connectivity index (χ0) is 20.8. The summed E-state index contributed by atoms with van der Waals surface area (Å²) in [5, 5.41) is 0. The average Bonchev–Trinajstić information content (AvgIpc) is 2.74. The van der Waals surface area contributed by atoms with E-state index < -0.39 is 29.6 Å². The number of amidine groups is 1. The van der Waals surface area contributed by atoms with Gasteiger partial charge in [-0.25, -0.2) is 18.8 Å². The van der Waals surface area contributed by atoms with Crippen molar-refractivity contribution in [1.29, 1.82) is 0 Å². The number of aliphatic imine (C=N–C) groups is 2. The molecule has 3 rings (SSSR count). The minimum absolute atomic E-state index is 0.0129. The highest BCUT2D eigenvalue weighted by molar-refractivity contribution is 6.09. The van der Waals surface area contributed by atoms with Crippen molar-refractivity contribution in [3.8, 4) is 0 Å². The first-order valence-corrected chi connectivity index (χ1v) is 8.87. The van der Waals surface area contributed by atoms with Gasteiger partial charge in [0.25, 0.3) is 0 Å². The largest absolute Gasteiger partial charge is 0.467 e. The first kappa shape index (κ1) is 20.6. The van der Waals surface area contributed by atoms with Crippen LogP contribution < -0.4 is 0 Å². The van der Waals surface area contributed by atoms with Crippen molar-refractivity contribution in [1.82, 2.24) is 0 Å². The summed E-state index contributed by atoms with van der Waals surface area (Å²) in [6.45, 7) is 0.0788. The molecule has 0 radical (unpaired) electrons. The molecule has 152 valence electrons. The molecule has 0 aromatic heterocycles. The third-order valence-corrected chi connectivity index (χ3v) is 4.40. The molecule has 0 N–H and O–H groups in total. The molecule has 0 fully saturated rings. The van der Waals surface area contributed by atoms with Crippen molar-refractivity contribution in [2.24, 2.45) is 15.9 Å². The number of methoxy groups -OCH3 is 2. The molecule has 2 atom stereocenters. The number of hydrogen-bond donors (Lipinski definition) is 0. The molecule has 2 aromatic rings. The molecule has 1 aliphatic heterocycles. The van der Waals surface area contributed by atoms with Crippen LogP contribution in [0.25, 0.3) is 0 Å². The van der Waals surface area contributed by atoms with E-state index in [0.717, 1.165) is 17.7 Å². The molecule has 1 heterocycles. The number of ether oxygens (including phenoxy) is 3. The number of carbonyl (C=O) groups is 1. The minimum atomic E-state index is -1.04. The van der Waals surface area contributed by atoms with Crippen LogP contribution in [0.3, 0.4) is 0 Å². The van der Waals surface area contributed by atoms with E-state index in [-0.39, 0.29) is 19.2 Å². The summed E-state index contributed by atoms with van der Waals surface area (Å²) in [6, 6.07) is 11.7. The molecule has 1 aliphatic rings. The Morgan fingerprint density at radius 3 is 2.45 bits per heavy atom. The van der Waals surface area contributed by atoms with Crippen LogP contribution in [0.15, 0.2) is 58.5 Å².